The van der Waals surface area contributed by atoms with Gasteiger partial charge < -0.3 is 9.47 Å². The monoisotopic (exact) mass is 802 g/mol. The van der Waals surface area contributed by atoms with Crippen molar-refractivity contribution in [3.63, 3.8) is 0 Å². The van der Waals surface area contributed by atoms with E-state index in [1.807, 2.05) is 0 Å². The highest BCUT2D eigenvalue weighted by atomic mass is 15.2. The molecule has 0 radical (unpaired) electrons. The molecule has 0 fully saturated rings. The molecule has 0 N–H and O–H groups in total. The summed E-state index contributed by atoms with van der Waals surface area (Å²) in [5.41, 5.74) is 23.3. The molecule has 7 aliphatic carbocycles. The lowest BCUT2D eigenvalue weighted by Crippen LogP contribution is -2.35. The van der Waals surface area contributed by atoms with Crippen molar-refractivity contribution < 1.29 is 0 Å². The van der Waals surface area contributed by atoms with E-state index in [2.05, 4.69) is 180 Å². The summed E-state index contributed by atoms with van der Waals surface area (Å²) < 4.78 is 2.61. The van der Waals surface area contributed by atoms with Gasteiger partial charge in [0.25, 0.3) is 0 Å². The fraction of sp³-hybridized carbons (Fsp3) is 0.233. The third-order valence-electron chi connectivity index (χ3n) is 14.5. The Morgan fingerprint density at radius 3 is 1.82 bits per heavy atom. The summed E-state index contributed by atoms with van der Waals surface area (Å²) >= 11 is 0. The van der Waals surface area contributed by atoms with Crippen LogP contribution in [0.1, 0.15) is 110 Å². The number of aromatic nitrogens is 1. The number of benzene rings is 3. The fourth-order valence-corrected chi connectivity index (χ4v) is 11.5. The Kier molecular flexibility index (Phi) is 9.54. The second-order valence-corrected chi connectivity index (χ2v) is 18.2. The first-order valence-corrected chi connectivity index (χ1v) is 23.4. The van der Waals surface area contributed by atoms with Crippen LogP contribution in [0.5, 0.6) is 0 Å². The van der Waals surface area contributed by atoms with Gasteiger partial charge in [-0.05, 0) is 193 Å². The molecule has 0 bridgehead atoms. The Labute approximate surface area is 367 Å². The lowest BCUT2D eigenvalue weighted by molar-refractivity contribution is 0.671. The SMILES string of the molecule is C1=CCCC(c2cc(C3=CCCC=C3)cc(N3C4=C(CCC=C4)C4C=CC=C(c5ccc6c(c5)c5c(n6-c6cc(C7=CCCC=C7)cc(C7=CC=CCC7)c6)CCC=C5)C43)c2)=C1. The third kappa shape index (κ3) is 6.54. The van der Waals surface area contributed by atoms with Crippen LogP contribution in [-0.2, 0) is 6.42 Å². The number of hydrogen-bond donors (Lipinski definition) is 0. The van der Waals surface area contributed by atoms with Gasteiger partial charge in [0.05, 0.1) is 11.6 Å². The molecule has 0 amide bonds. The van der Waals surface area contributed by atoms with Crippen molar-refractivity contribution in [2.75, 3.05) is 4.90 Å². The molecule has 8 aliphatic rings. The summed E-state index contributed by atoms with van der Waals surface area (Å²) in [4.78, 5) is 2.73. The Morgan fingerprint density at radius 1 is 0.484 bits per heavy atom. The van der Waals surface area contributed by atoms with Crippen LogP contribution in [0, 0.1) is 5.92 Å². The molecule has 2 nitrogen and oxygen atoms in total. The van der Waals surface area contributed by atoms with E-state index in [0.717, 1.165) is 77.0 Å². The second kappa shape index (κ2) is 15.8. The molecule has 2 unspecified atom stereocenters. The lowest BCUT2D eigenvalue weighted by Gasteiger charge is -2.35. The van der Waals surface area contributed by atoms with Gasteiger partial charge in [-0.1, -0.05) is 115 Å². The van der Waals surface area contributed by atoms with Crippen LogP contribution in [0.3, 0.4) is 0 Å². The van der Waals surface area contributed by atoms with Crippen LogP contribution in [0.4, 0.5) is 5.69 Å². The van der Waals surface area contributed by atoms with E-state index in [9.17, 15) is 0 Å². The van der Waals surface area contributed by atoms with Crippen LogP contribution in [-0.4, -0.2) is 10.6 Å². The van der Waals surface area contributed by atoms with E-state index in [1.165, 1.54) is 94.9 Å². The Hall–Kier alpha value is -6.38. The maximum atomic E-state index is 2.73. The molecule has 12 rings (SSSR count). The van der Waals surface area contributed by atoms with Gasteiger partial charge in [-0.15, -0.1) is 0 Å². The summed E-state index contributed by atoms with van der Waals surface area (Å²) in [6.45, 7) is 0. The van der Waals surface area contributed by atoms with Crippen LogP contribution in [0.15, 0.2) is 175 Å². The fourth-order valence-electron chi connectivity index (χ4n) is 11.5. The van der Waals surface area contributed by atoms with Crippen molar-refractivity contribution in [3.05, 3.63) is 214 Å². The highest BCUT2D eigenvalue weighted by Crippen LogP contribution is 2.50. The zero-order valence-electron chi connectivity index (χ0n) is 35.7. The first-order valence-electron chi connectivity index (χ1n) is 23.4. The molecule has 0 spiro atoms. The van der Waals surface area contributed by atoms with Crippen LogP contribution in [0.2, 0.25) is 0 Å². The highest BCUT2D eigenvalue weighted by Gasteiger charge is 2.43. The smallest absolute Gasteiger partial charge is 0.0698 e. The largest absolute Gasteiger partial charge is 0.333 e. The Balaban J connectivity index is 1.00. The molecule has 1 aromatic heterocycles. The number of rotatable bonds is 7. The summed E-state index contributed by atoms with van der Waals surface area (Å²) in [5, 5.41) is 1.35. The van der Waals surface area contributed by atoms with Crippen molar-refractivity contribution >= 4 is 50.5 Å². The highest BCUT2D eigenvalue weighted by molar-refractivity contribution is 5.97. The first-order chi connectivity index (χ1) is 30.7. The van der Waals surface area contributed by atoms with Crippen LogP contribution >= 0.6 is 0 Å². The minimum atomic E-state index is 0.173. The van der Waals surface area contributed by atoms with Gasteiger partial charge >= 0.3 is 0 Å². The van der Waals surface area contributed by atoms with Crippen molar-refractivity contribution in [1.29, 1.82) is 0 Å². The van der Waals surface area contributed by atoms with E-state index < -0.39 is 0 Å². The zero-order chi connectivity index (χ0) is 41.0. The van der Waals surface area contributed by atoms with E-state index in [1.54, 1.807) is 5.57 Å². The molecule has 2 heterocycles. The third-order valence-corrected chi connectivity index (χ3v) is 14.5. The first kappa shape index (κ1) is 37.4. The quantitative estimate of drug-likeness (QED) is 0.181. The Bertz CT molecular complexity index is 2960. The van der Waals surface area contributed by atoms with Crippen LogP contribution in [0.25, 0.3) is 50.5 Å². The van der Waals surface area contributed by atoms with Crippen molar-refractivity contribution in [3.8, 4) is 5.69 Å². The lowest BCUT2D eigenvalue weighted by atomic mass is 9.80. The Morgan fingerprint density at radius 2 is 1.13 bits per heavy atom. The van der Waals surface area contributed by atoms with Crippen LogP contribution < -0.4 is 4.90 Å². The predicted octanol–water partition coefficient (Wildman–Crippen LogP) is 15.6. The summed E-state index contributed by atoms with van der Waals surface area (Å²) in [7, 11) is 0. The van der Waals surface area contributed by atoms with Crippen molar-refractivity contribution in [2.45, 2.75) is 83.1 Å². The average molecular weight is 803 g/mol. The normalized spacial score (nSPS) is 22.3. The van der Waals surface area contributed by atoms with E-state index >= 15 is 0 Å². The minimum absolute atomic E-state index is 0.173. The van der Waals surface area contributed by atoms with Crippen molar-refractivity contribution in [2.24, 2.45) is 5.92 Å². The molecule has 3 aromatic carbocycles. The average Bonchev–Trinajstić information content (AvgIpc) is 3.88. The van der Waals surface area contributed by atoms with Crippen molar-refractivity contribution in [1.82, 2.24) is 4.57 Å². The molecular formula is C60H54N2. The molecular weight excluding hydrogens is 749 g/mol. The molecule has 2 atom stereocenters. The standard InChI is InChI=1S/C60H54N2/c1-5-18-41(19-6-1)46-34-47(42-20-7-2-8-21-42)37-50(36-46)61-57-30-15-14-27-54(57)56-40-45(32-33-59(56)61)52-28-17-29-55-53-26-13-16-31-58(53)62(60(52)55)51-38-48(43-22-9-3-10-23-43)35-49(39-51)44-24-11-4-12-25-44/h1,3,5,7,9,11,14,16-18,20-22,24-25,27-29,31-40,55,60H,2,4,6,8,10,12-13,15,19,23,26,30H2. The van der Waals surface area contributed by atoms with E-state index in [-0.39, 0.29) is 6.04 Å². The van der Waals surface area contributed by atoms with Gasteiger partial charge in [0, 0.05) is 39.6 Å². The molecule has 2 heteroatoms. The number of hydrogen-bond acceptors (Lipinski definition) is 1. The molecule has 0 saturated heterocycles. The zero-order valence-corrected chi connectivity index (χ0v) is 35.7. The number of anilines is 1. The summed E-state index contributed by atoms with van der Waals surface area (Å²) in [6, 6.07) is 22.4. The number of allylic oxidation sites excluding steroid dienone is 21. The molecule has 0 saturated carbocycles. The summed E-state index contributed by atoms with van der Waals surface area (Å²) in [5.74, 6) is 0.329. The topological polar surface area (TPSA) is 8.17 Å². The second-order valence-electron chi connectivity index (χ2n) is 18.2. The van der Waals surface area contributed by atoms with Gasteiger partial charge in [-0.25, -0.2) is 0 Å². The summed E-state index contributed by atoms with van der Waals surface area (Å²) in [6.07, 6.45) is 58.0. The number of fused-ring (bicyclic) bond motifs is 5. The maximum absolute atomic E-state index is 2.73. The van der Waals surface area contributed by atoms with Gasteiger partial charge in [0.15, 0.2) is 0 Å². The number of nitrogens with zero attached hydrogens (tertiary/aromatic N) is 2. The van der Waals surface area contributed by atoms with E-state index in [0.29, 0.717) is 5.92 Å². The van der Waals surface area contributed by atoms with Gasteiger partial charge in [0.2, 0.25) is 0 Å². The molecule has 304 valence electrons. The van der Waals surface area contributed by atoms with E-state index in [4.69, 9.17) is 0 Å². The van der Waals surface area contributed by atoms with Gasteiger partial charge in [0.1, 0.15) is 0 Å². The molecule has 4 aromatic rings. The maximum Gasteiger partial charge on any atom is 0.0698 e. The van der Waals surface area contributed by atoms with Gasteiger partial charge in [-0.2, -0.15) is 0 Å². The van der Waals surface area contributed by atoms with Gasteiger partial charge in [-0.3, -0.25) is 0 Å². The molecule has 1 aliphatic heterocycles. The molecule has 62 heavy (non-hydrogen) atoms. The minimum Gasteiger partial charge on any atom is -0.333 e. The predicted molar refractivity (Wildman–Crippen MR) is 265 cm³/mol.